The van der Waals surface area contributed by atoms with Gasteiger partial charge in [0.1, 0.15) is 0 Å². The van der Waals surface area contributed by atoms with E-state index in [4.69, 9.17) is 19.4 Å². The molecule has 0 unspecified atom stereocenters. The predicted molar refractivity (Wildman–Crippen MR) is 213 cm³/mol. The number of nitrogens with one attached hydrogen (secondary N) is 1. The van der Waals surface area contributed by atoms with Crippen LogP contribution in [0.3, 0.4) is 0 Å². The van der Waals surface area contributed by atoms with Crippen molar-refractivity contribution in [3.8, 4) is 45.5 Å². The van der Waals surface area contributed by atoms with Crippen molar-refractivity contribution in [1.82, 2.24) is 9.97 Å². The van der Waals surface area contributed by atoms with Gasteiger partial charge in [0, 0.05) is 18.0 Å². The second kappa shape index (κ2) is 14.5. The van der Waals surface area contributed by atoms with Crippen LogP contribution < -0.4 is 19.7 Å². The van der Waals surface area contributed by atoms with E-state index in [1.807, 2.05) is 24.5 Å². The molecule has 52 heavy (non-hydrogen) atoms. The van der Waals surface area contributed by atoms with Crippen LogP contribution >= 0.6 is 0 Å². The van der Waals surface area contributed by atoms with Gasteiger partial charge in [0.2, 0.25) is 0 Å². The Morgan fingerprint density at radius 1 is 0.577 bits per heavy atom. The maximum atomic E-state index is 6.88. The number of aromatic nitrogens is 2. The maximum Gasteiger partial charge on any atom is 0.154 e. The van der Waals surface area contributed by atoms with Gasteiger partial charge in [-0.25, -0.2) is 0 Å². The van der Waals surface area contributed by atoms with Crippen LogP contribution in [0.25, 0.3) is 22.5 Å². The molecule has 6 nitrogen and oxygen atoms in total. The Kier molecular flexibility index (Phi) is 9.38. The summed E-state index contributed by atoms with van der Waals surface area (Å²) in [6, 6.07) is 32.2. The fourth-order valence-corrected chi connectivity index (χ4v) is 7.72. The van der Waals surface area contributed by atoms with Crippen molar-refractivity contribution in [3.63, 3.8) is 0 Å². The Morgan fingerprint density at radius 3 is 1.98 bits per heavy atom. The average molecular weight is 687 g/mol. The predicted octanol–water partition coefficient (Wildman–Crippen LogP) is 13.0. The number of hydrogen-bond acceptors (Lipinski definition) is 6. The minimum Gasteiger partial charge on any atom is -0.453 e. The smallest absolute Gasteiger partial charge is 0.154 e. The molecule has 0 saturated carbocycles. The first-order valence-electron chi connectivity index (χ1n) is 19.0. The molecular weight excluding hydrogens is 641 g/mol. The highest BCUT2D eigenvalue weighted by molar-refractivity contribution is 6.03. The fraction of sp³-hybridized carbons (Fsp3) is 0.261. The summed E-state index contributed by atoms with van der Waals surface area (Å²) in [5.41, 5.74) is 13.6. The standard InChI is InChI=1S/C46H46N4O2/c1-5-13-30-19-21-40-39(28-30)50(45-34(35-17-9-11-23-47-35)26-32(15-7-3)29-42(45)51-40)38-20-22-41-44(43(38)36-18-10-12-24-48-36)49-37-27-31(14-6-2)25-33(16-8-4)46(37)52-41/h9-12,17-29,49H,5-8,13-16H2,1-4H3. The van der Waals surface area contributed by atoms with Gasteiger partial charge in [0.15, 0.2) is 23.0 Å². The Hall–Kier alpha value is -5.62. The number of benzene rings is 4. The van der Waals surface area contributed by atoms with Crippen LogP contribution in [0, 0.1) is 0 Å². The topological polar surface area (TPSA) is 59.5 Å². The van der Waals surface area contributed by atoms with Crippen molar-refractivity contribution in [3.05, 3.63) is 126 Å². The molecule has 0 amide bonds. The van der Waals surface area contributed by atoms with Gasteiger partial charge in [-0.1, -0.05) is 77.6 Å². The van der Waals surface area contributed by atoms with Crippen LogP contribution in [0.2, 0.25) is 0 Å². The second-order valence-electron chi connectivity index (χ2n) is 13.9. The SMILES string of the molecule is CCCc1cc(CCC)c2c(c1)Nc1c(ccc(N3c4cc(CCC)ccc4Oc4cc(CCC)cc(-c5ccccn5)c43)c1-c1ccccn1)O2. The molecule has 6 aromatic rings. The molecule has 0 aliphatic carbocycles. The van der Waals surface area contributed by atoms with E-state index in [9.17, 15) is 0 Å². The van der Waals surface area contributed by atoms with Gasteiger partial charge in [-0.2, -0.15) is 0 Å². The number of hydrogen-bond donors (Lipinski definition) is 1. The van der Waals surface area contributed by atoms with E-state index >= 15 is 0 Å². The molecule has 0 atom stereocenters. The van der Waals surface area contributed by atoms with E-state index in [1.165, 1.54) is 22.3 Å². The molecule has 2 aliphatic heterocycles. The summed E-state index contributed by atoms with van der Waals surface area (Å²) in [6.45, 7) is 8.90. The Morgan fingerprint density at radius 2 is 1.27 bits per heavy atom. The molecule has 0 saturated heterocycles. The van der Waals surface area contributed by atoms with Gasteiger partial charge >= 0.3 is 0 Å². The highest BCUT2D eigenvalue weighted by Gasteiger charge is 2.34. The zero-order valence-electron chi connectivity index (χ0n) is 30.6. The Labute approximate surface area is 307 Å². The second-order valence-corrected chi connectivity index (χ2v) is 13.9. The van der Waals surface area contributed by atoms with Crippen molar-refractivity contribution in [1.29, 1.82) is 0 Å². The lowest BCUT2D eigenvalue weighted by Gasteiger charge is -2.37. The number of fused-ring (bicyclic) bond motifs is 4. The Balaban J connectivity index is 1.41. The zero-order valence-corrected chi connectivity index (χ0v) is 30.6. The number of nitrogens with zero attached hydrogens (tertiary/aromatic N) is 3. The monoisotopic (exact) mass is 686 g/mol. The zero-order chi connectivity index (χ0) is 35.6. The third-order valence-electron chi connectivity index (χ3n) is 9.92. The van der Waals surface area contributed by atoms with Gasteiger partial charge in [-0.3, -0.25) is 9.97 Å². The molecule has 8 rings (SSSR count). The van der Waals surface area contributed by atoms with Crippen LogP contribution in [0.1, 0.15) is 75.6 Å². The van der Waals surface area contributed by atoms with Gasteiger partial charge in [0.05, 0.1) is 45.4 Å². The summed E-state index contributed by atoms with van der Waals surface area (Å²) in [6.07, 6.45) is 11.8. The van der Waals surface area contributed by atoms with Gasteiger partial charge < -0.3 is 19.7 Å². The van der Waals surface area contributed by atoms with Gasteiger partial charge in [0.25, 0.3) is 0 Å². The minimum atomic E-state index is 0.786. The number of ether oxygens (including phenoxy) is 2. The highest BCUT2D eigenvalue weighted by atomic mass is 16.5. The first-order valence-corrected chi connectivity index (χ1v) is 19.0. The van der Waals surface area contributed by atoms with Crippen LogP contribution in [0.15, 0.2) is 103 Å². The van der Waals surface area contributed by atoms with E-state index in [2.05, 4.69) is 117 Å². The third-order valence-corrected chi connectivity index (χ3v) is 9.92. The van der Waals surface area contributed by atoms with Gasteiger partial charge in [-0.15, -0.1) is 0 Å². The van der Waals surface area contributed by atoms with Crippen LogP contribution in [-0.4, -0.2) is 9.97 Å². The molecule has 0 fully saturated rings. The van der Waals surface area contributed by atoms with Gasteiger partial charge in [-0.05, 0) is 115 Å². The lowest BCUT2D eigenvalue weighted by atomic mass is 9.95. The molecule has 1 N–H and O–H groups in total. The first-order chi connectivity index (χ1) is 25.6. The summed E-state index contributed by atoms with van der Waals surface area (Å²) in [4.78, 5) is 12.2. The number of rotatable bonds is 11. The van der Waals surface area contributed by atoms with Crippen molar-refractivity contribution in [2.24, 2.45) is 0 Å². The van der Waals surface area contributed by atoms with Crippen LogP contribution in [0.4, 0.5) is 28.4 Å². The lowest BCUT2D eigenvalue weighted by molar-refractivity contribution is 0.473. The molecule has 2 aromatic heterocycles. The van der Waals surface area contributed by atoms with E-state index in [0.717, 1.165) is 125 Å². The molecule has 6 heteroatoms. The summed E-state index contributed by atoms with van der Waals surface area (Å²) in [5.74, 6) is 3.34. The molecule has 4 aromatic carbocycles. The summed E-state index contributed by atoms with van der Waals surface area (Å²) >= 11 is 0. The van der Waals surface area contributed by atoms with E-state index in [0.29, 0.717) is 0 Å². The van der Waals surface area contributed by atoms with E-state index < -0.39 is 0 Å². The van der Waals surface area contributed by atoms with Crippen molar-refractivity contribution in [2.75, 3.05) is 10.2 Å². The normalized spacial score (nSPS) is 12.5. The minimum absolute atomic E-state index is 0.786. The van der Waals surface area contributed by atoms with E-state index in [-0.39, 0.29) is 0 Å². The summed E-state index contributed by atoms with van der Waals surface area (Å²) < 4.78 is 13.7. The molecule has 262 valence electrons. The maximum absolute atomic E-state index is 6.88. The molecule has 2 aliphatic rings. The van der Waals surface area contributed by atoms with Crippen molar-refractivity contribution < 1.29 is 9.47 Å². The third kappa shape index (κ3) is 6.17. The van der Waals surface area contributed by atoms with Crippen LogP contribution in [-0.2, 0) is 25.7 Å². The number of anilines is 5. The molecule has 0 radical (unpaired) electrons. The van der Waals surface area contributed by atoms with Crippen molar-refractivity contribution >= 4 is 28.4 Å². The average Bonchev–Trinajstić information content (AvgIpc) is 3.17. The summed E-state index contributed by atoms with van der Waals surface area (Å²) in [5, 5.41) is 3.90. The lowest BCUT2D eigenvalue weighted by Crippen LogP contribution is -2.19. The molecule has 0 spiro atoms. The number of pyridine rings is 2. The first kappa shape index (κ1) is 33.5. The quantitative estimate of drug-likeness (QED) is 0.146. The highest BCUT2D eigenvalue weighted by Crippen LogP contribution is 2.59. The summed E-state index contributed by atoms with van der Waals surface area (Å²) in [7, 11) is 0. The largest absolute Gasteiger partial charge is 0.453 e. The van der Waals surface area contributed by atoms with Crippen LogP contribution in [0.5, 0.6) is 23.0 Å². The molecule has 0 bridgehead atoms. The number of aryl methyl sites for hydroxylation is 4. The Bertz CT molecular complexity index is 2230. The van der Waals surface area contributed by atoms with E-state index in [1.54, 1.807) is 0 Å². The fourth-order valence-electron chi connectivity index (χ4n) is 7.72. The molecular formula is C46H46N4O2. The van der Waals surface area contributed by atoms with Crippen molar-refractivity contribution in [2.45, 2.75) is 79.1 Å². The molecule has 4 heterocycles.